The number of nitrogens with zero attached hydrogens (tertiary/aromatic N) is 3. The highest BCUT2D eigenvalue weighted by molar-refractivity contribution is 5.95. The fourth-order valence-electron chi connectivity index (χ4n) is 2.78. The summed E-state index contributed by atoms with van der Waals surface area (Å²) in [5.74, 6) is 0.831. The van der Waals surface area contributed by atoms with E-state index < -0.39 is 0 Å². The van der Waals surface area contributed by atoms with Crippen LogP contribution in [-0.4, -0.2) is 24.7 Å². The van der Waals surface area contributed by atoms with Crippen molar-refractivity contribution >= 4 is 16.6 Å². The lowest BCUT2D eigenvalue weighted by Crippen LogP contribution is -2.19. The number of aromatic nitrogens is 1. The average molecular weight is 267 g/mol. The number of benzene rings is 1. The minimum absolute atomic E-state index is 0.635. The van der Waals surface area contributed by atoms with Crippen molar-refractivity contribution in [1.82, 2.24) is 4.98 Å². The van der Waals surface area contributed by atoms with Crippen LogP contribution in [-0.2, 0) is 0 Å². The van der Waals surface area contributed by atoms with E-state index in [0.717, 1.165) is 35.4 Å². The molecule has 1 aliphatic heterocycles. The van der Waals surface area contributed by atoms with Gasteiger partial charge < -0.3 is 9.64 Å². The predicted molar refractivity (Wildman–Crippen MR) is 79.1 cm³/mol. The Morgan fingerprint density at radius 2 is 2.15 bits per heavy atom. The molecule has 4 heteroatoms. The molecule has 0 saturated carbocycles. The maximum atomic E-state index is 9.36. The Kier molecular flexibility index (Phi) is 3.42. The molecule has 0 atom stereocenters. The van der Waals surface area contributed by atoms with Gasteiger partial charge in [-0.3, -0.25) is 4.98 Å². The molecule has 3 rings (SSSR count). The zero-order valence-electron chi connectivity index (χ0n) is 11.6. The van der Waals surface area contributed by atoms with Crippen LogP contribution in [0.25, 0.3) is 10.9 Å². The lowest BCUT2D eigenvalue weighted by Gasteiger charge is -2.21. The minimum atomic E-state index is 0.635. The van der Waals surface area contributed by atoms with Crippen LogP contribution < -0.4 is 9.64 Å². The predicted octanol–water partition coefficient (Wildman–Crippen LogP) is 3.11. The Bertz CT molecular complexity index is 669. The summed E-state index contributed by atoms with van der Waals surface area (Å²) in [5, 5.41) is 10.4. The van der Waals surface area contributed by atoms with Gasteiger partial charge in [-0.25, -0.2) is 0 Å². The number of pyridine rings is 1. The molecule has 0 bridgehead atoms. The molecular formula is C16H17N3O. The van der Waals surface area contributed by atoms with Crippen LogP contribution >= 0.6 is 0 Å². The molecule has 1 fully saturated rings. The maximum Gasteiger partial charge on any atom is 0.120 e. The van der Waals surface area contributed by atoms with Gasteiger partial charge >= 0.3 is 0 Å². The van der Waals surface area contributed by atoms with Gasteiger partial charge in [0.25, 0.3) is 0 Å². The van der Waals surface area contributed by atoms with E-state index >= 15 is 0 Å². The highest BCUT2D eigenvalue weighted by atomic mass is 16.5. The van der Waals surface area contributed by atoms with Gasteiger partial charge in [0, 0.05) is 24.7 Å². The highest BCUT2D eigenvalue weighted by Gasteiger charge is 2.19. The molecule has 1 aromatic heterocycles. The van der Waals surface area contributed by atoms with Gasteiger partial charge in [0.15, 0.2) is 0 Å². The first-order chi connectivity index (χ1) is 9.83. The van der Waals surface area contributed by atoms with Gasteiger partial charge in [-0.2, -0.15) is 5.26 Å². The van der Waals surface area contributed by atoms with Crippen LogP contribution in [0.2, 0.25) is 0 Å². The smallest absolute Gasteiger partial charge is 0.120 e. The molecule has 1 aromatic carbocycles. The third-order valence-electron chi connectivity index (χ3n) is 3.66. The third-order valence-corrected chi connectivity index (χ3v) is 3.66. The van der Waals surface area contributed by atoms with Gasteiger partial charge in [0.05, 0.1) is 23.4 Å². The van der Waals surface area contributed by atoms with E-state index in [2.05, 4.69) is 16.0 Å². The average Bonchev–Trinajstić information content (AvgIpc) is 3.00. The van der Waals surface area contributed by atoms with Crippen LogP contribution in [0.1, 0.15) is 25.3 Å². The molecule has 4 nitrogen and oxygen atoms in total. The van der Waals surface area contributed by atoms with E-state index in [-0.39, 0.29) is 0 Å². The number of hydrogen-bond acceptors (Lipinski definition) is 4. The summed E-state index contributed by atoms with van der Waals surface area (Å²) >= 11 is 0. The molecule has 20 heavy (non-hydrogen) atoms. The van der Waals surface area contributed by atoms with Crippen molar-refractivity contribution in [2.75, 3.05) is 24.6 Å². The molecule has 0 aliphatic carbocycles. The van der Waals surface area contributed by atoms with Crippen molar-refractivity contribution in [2.24, 2.45) is 0 Å². The monoisotopic (exact) mass is 267 g/mol. The summed E-state index contributed by atoms with van der Waals surface area (Å²) < 4.78 is 5.58. The number of nitriles is 1. The summed E-state index contributed by atoms with van der Waals surface area (Å²) in [4.78, 5) is 6.67. The number of anilines is 1. The molecule has 0 N–H and O–H groups in total. The van der Waals surface area contributed by atoms with Gasteiger partial charge in [-0.1, -0.05) is 0 Å². The lowest BCUT2D eigenvalue weighted by molar-refractivity contribution is 0.340. The van der Waals surface area contributed by atoms with Gasteiger partial charge in [0.1, 0.15) is 11.8 Å². The summed E-state index contributed by atoms with van der Waals surface area (Å²) in [6, 6.07) is 8.16. The molecule has 0 amide bonds. The normalized spacial score (nSPS) is 14.5. The molecule has 0 radical (unpaired) electrons. The molecular weight excluding hydrogens is 250 g/mol. The van der Waals surface area contributed by atoms with E-state index in [1.54, 1.807) is 6.20 Å². The number of hydrogen-bond donors (Lipinski definition) is 0. The van der Waals surface area contributed by atoms with E-state index in [4.69, 9.17) is 4.74 Å². The van der Waals surface area contributed by atoms with Crippen molar-refractivity contribution < 1.29 is 4.74 Å². The Hall–Kier alpha value is -2.28. The Morgan fingerprint density at radius 1 is 1.35 bits per heavy atom. The number of ether oxygens (including phenoxy) is 1. The topological polar surface area (TPSA) is 49.1 Å². The lowest BCUT2D eigenvalue weighted by atomic mass is 10.1. The Morgan fingerprint density at radius 3 is 2.85 bits per heavy atom. The highest BCUT2D eigenvalue weighted by Crippen LogP contribution is 2.33. The largest absolute Gasteiger partial charge is 0.494 e. The van der Waals surface area contributed by atoms with Crippen LogP contribution in [0.5, 0.6) is 5.75 Å². The standard InChI is InChI=1S/C16H17N3O/c1-2-20-13-5-6-15-14(9-13)16(12(10-17)11-18-15)19-7-3-4-8-19/h5-6,9,11H,2-4,7-8H2,1H3. The first-order valence-corrected chi connectivity index (χ1v) is 7.04. The Balaban J connectivity index is 2.20. The fourth-order valence-corrected chi connectivity index (χ4v) is 2.78. The minimum Gasteiger partial charge on any atom is -0.494 e. The summed E-state index contributed by atoms with van der Waals surface area (Å²) in [7, 11) is 0. The van der Waals surface area contributed by atoms with Gasteiger partial charge in [-0.15, -0.1) is 0 Å². The van der Waals surface area contributed by atoms with E-state index in [1.807, 2.05) is 25.1 Å². The fraction of sp³-hybridized carbons (Fsp3) is 0.375. The molecule has 0 spiro atoms. The molecule has 1 saturated heterocycles. The first kappa shape index (κ1) is 12.7. The maximum absolute atomic E-state index is 9.36. The van der Waals surface area contributed by atoms with Crippen molar-refractivity contribution in [3.63, 3.8) is 0 Å². The third kappa shape index (κ3) is 2.16. The second kappa shape index (κ2) is 5.38. The number of fused-ring (bicyclic) bond motifs is 1. The van der Waals surface area contributed by atoms with Crippen molar-refractivity contribution in [3.8, 4) is 11.8 Å². The zero-order valence-corrected chi connectivity index (χ0v) is 11.6. The van der Waals surface area contributed by atoms with E-state index in [9.17, 15) is 5.26 Å². The molecule has 0 unspecified atom stereocenters. The van der Waals surface area contributed by atoms with Crippen molar-refractivity contribution in [1.29, 1.82) is 5.26 Å². The SMILES string of the molecule is CCOc1ccc2ncc(C#N)c(N3CCCC3)c2c1. The van der Waals surface area contributed by atoms with E-state index in [0.29, 0.717) is 12.2 Å². The molecule has 102 valence electrons. The van der Waals surface area contributed by atoms with E-state index in [1.165, 1.54) is 12.8 Å². The Labute approximate surface area is 118 Å². The number of rotatable bonds is 3. The molecule has 2 heterocycles. The van der Waals surface area contributed by atoms with Crippen LogP contribution in [0.4, 0.5) is 5.69 Å². The van der Waals surface area contributed by atoms with Crippen LogP contribution in [0.3, 0.4) is 0 Å². The second-order valence-electron chi connectivity index (χ2n) is 4.94. The van der Waals surface area contributed by atoms with Gasteiger partial charge in [-0.05, 0) is 38.0 Å². The summed E-state index contributed by atoms with van der Waals surface area (Å²) in [6.07, 6.45) is 4.04. The molecule has 2 aromatic rings. The van der Waals surface area contributed by atoms with Crippen LogP contribution in [0, 0.1) is 11.3 Å². The summed E-state index contributed by atoms with van der Waals surface area (Å²) in [5.41, 5.74) is 2.57. The van der Waals surface area contributed by atoms with Crippen molar-refractivity contribution in [2.45, 2.75) is 19.8 Å². The zero-order chi connectivity index (χ0) is 13.9. The first-order valence-electron chi connectivity index (χ1n) is 7.04. The van der Waals surface area contributed by atoms with Gasteiger partial charge in [0.2, 0.25) is 0 Å². The second-order valence-corrected chi connectivity index (χ2v) is 4.94. The quantitative estimate of drug-likeness (QED) is 0.857. The van der Waals surface area contributed by atoms with Crippen molar-refractivity contribution in [3.05, 3.63) is 30.0 Å². The molecule has 1 aliphatic rings. The summed E-state index contributed by atoms with van der Waals surface area (Å²) in [6.45, 7) is 4.62. The van der Waals surface area contributed by atoms with Crippen LogP contribution in [0.15, 0.2) is 24.4 Å².